The second-order valence-corrected chi connectivity index (χ2v) is 7.82. The van der Waals surface area contributed by atoms with Gasteiger partial charge in [-0.1, -0.05) is 12.1 Å². The van der Waals surface area contributed by atoms with Crippen LogP contribution in [-0.2, 0) is 17.8 Å². The molecule has 3 rings (SSSR count). The molecule has 1 aliphatic heterocycles. The van der Waals surface area contributed by atoms with E-state index in [2.05, 4.69) is 10.3 Å². The van der Waals surface area contributed by atoms with Crippen molar-refractivity contribution in [3.8, 4) is 0 Å². The molecular weight excluding hydrogens is 356 g/mol. The molecule has 1 aromatic heterocycles. The Morgan fingerprint density at radius 2 is 1.92 bits per heavy atom. The average molecular weight is 377 g/mol. The molecule has 2 amide bonds. The molecular formula is C17H20N4O2S2. The van der Waals surface area contributed by atoms with Crippen LogP contribution in [-0.4, -0.2) is 46.3 Å². The van der Waals surface area contributed by atoms with Crippen LogP contribution in [0.1, 0.15) is 21.1 Å². The molecule has 0 bridgehead atoms. The normalized spacial score (nSPS) is 14.4. The van der Waals surface area contributed by atoms with Crippen molar-refractivity contribution >= 4 is 40.6 Å². The lowest BCUT2D eigenvalue weighted by molar-refractivity contribution is -0.130. The first-order valence-electron chi connectivity index (χ1n) is 8.06. The van der Waals surface area contributed by atoms with Crippen LogP contribution in [0.5, 0.6) is 0 Å². The molecule has 0 aliphatic carbocycles. The fraction of sp³-hybridized carbons (Fsp3) is 0.353. The Morgan fingerprint density at radius 3 is 2.56 bits per heavy atom. The molecule has 2 aromatic rings. The molecule has 132 valence electrons. The zero-order chi connectivity index (χ0) is 17.6. The predicted octanol–water partition coefficient (Wildman–Crippen LogP) is 1.97. The van der Waals surface area contributed by atoms with Crippen LogP contribution >= 0.6 is 23.1 Å². The summed E-state index contributed by atoms with van der Waals surface area (Å²) in [5, 5.41) is 5.23. The van der Waals surface area contributed by atoms with Crippen molar-refractivity contribution in [2.75, 3.05) is 29.9 Å². The molecule has 1 fully saturated rings. The first-order valence-corrected chi connectivity index (χ1v) is 10.1. The van der Waals surface area contributed by atoms with Crippen LogP contribution in [0.4, 0.5) is 5.69 Å². The smallest absolute Gasteiger partial charge is 0.275 e. The fourth-order valence-electron chi connectivity index (χ4n) is 2.51. The Morgan fingerprint density at radius 1 is 1.20 bits per heavy atom. The average Bonchev–Trinajstić information content (AvgIpc) is 3.13. The molecule has 0 spiro atoms. The van der Waals surface area contributed by atoms with Crippen molar-refractivity contribution in [1.29, 1.82) is 0 Å². The van der Waals surface area contributed by atoms with E-state index in [1.54, 1.807) is 5.38 Å². The highest BCUT2D eigenvalue weighted by atomic mass is 32.2. The molecule has 0 radical (unpaired) electrons. The lowest BCUT2D eigenvalue weighted by Gasteiger charge is -2.26. The summed E-state index contributed by atoms with van der Waals surface area (Å²) < 4.78 is 0. The highest BCUT2D eigenvalue weighted by molar-refractivity contribution is 7.99. The Labute approximate surface area is 154 Å². The maximum atomic E-state index is 12.3. The number of thiazole rings is 1. The fourth-order valence-corrected chi connectivity index (χ4v) is 4.07. The van der Waals surface area contributed by atoms with Gasteiger partial charge in [0.25, 0.3) is 5.91 Å². The zero-order valence-corrected chi connectivity index (χ0v) is 15.4. The van der Waals surface area contributed by atoms with Crippen LogP contribution < -0.4 is 11.1 Å². The maximum absolute atomic E-state index is 12.3. The number of nitrogens with zero attached hydrogens (tertiary/aromatic N) is 2. The monoisotopic (exact) mass is 376 g/mol. The van der Waals surface area contributed by atoms with Gasteiger partial charge in [-0.05, 0) is 17.7 Å². The number of anilines is 1. The number of rotatable bonds is 5. The number of hydrogen-bond donors (Lipinski definition) is 2. The van der Waals surface area contributed by atoms with Gasteiger partial charge in [0.1, 0.15) is 10.7 Å². The van der Waals surface area contributed by atoms with Crippen molar-refractivity contribution in [2.45, 2.75) is 13.0 Å². The first kappa shape index (κ1) is 17.9. The minimum absolute atomic E-state index is 0.161. The number of aromatic nitrogens is 1. The van der Waals surface area contributed by atoms with Crippen molar-refractivity contribution in [2.24, 2.45) is 5.73 Å². The Bertz CT molecular complexity index is 739. The van der Waals surface area contributed by atoms with Crippen molar-refractivity contribution in [3.05, 3.63) is 45.9 Å². The van der Waals surface area contributed by atoms with Crippen LogP contribution in [0.15, 0.2) is 29.6 Å². The molecule has 25 heavy (non-hydrogen) atoms. The van der Waals surface area contributed by atoms with E-state index >= 15 is 0 Å². The highest BCUT2D eigenvalue weighted by Crippen LogP contribution is 2.15. The van der Waals surface area contributed by atoms with Crippen molar-refractivity contribution in [3.63, 3.8) is 0 Å². The molecule has 1 aromatic carbocycles. The number of benzene rings is 1. The third kappa shape index (κ3) is 4.81. The van der Waals surface area contributed by atoms with Crippen LogP contribution in [0.25, 0.3) is 0 Å². The number of hydrogen-bond acceptors (Lipinski definition) is 6. The molecule has 0 atom stereocenters. The van der Waals surface area contributed by atoms with Gasteiger partial charge >= 0.3 is 0 Å². The molecule has 1 aliphatic rings. The van der Waals surface area contributed by atoms with E-state index < -0.39 is 0 Å². The topological polar surface area (TPSA) is 88.3 Å². The maximum Gasteiger partial charge on any atom is 0.275 e. The summed E-state index contributed by atoms with van der Waals surface area (Å²) in [5.41, 5.74) is 7.50. The predicted molar refractivity (Wildman–Crippen MR) is 102 cm³/mol. The van der Waals surface area contributed by atoms with Gasteiger partial charge in [0, 0.05) is 42.2 Å². The number of nitrogens with two attached hydrogens (primary N) is 1. The van der Waals surface area contributed by atoms with E-state index in [1.807, 2.05) is 40.9 Å². The van der Waals surface area contributed by atoms with E-state index in [4.69, 9.17) is 5.73 Å². The number of carbonyl (C=O) groups is 2. The molecule has 0 unspecified atom stereocenters. The van der Waals surface area contributed by atoms with E-state index in [-0.39, 0.29) is 11.8 Å². The SMILES string of the molecule is NCc1nc(C(=O)Nc2ccc(CC(=O)N3CCSCC3)cc2)cs1. The second-order valence-electron chi connectivity index (χ2n) is 5.65. The van der Waals surface area contributed by atoms with Gasteiger partial charge < -0.3 is 16.0 Å². The Balaban J connectivity index is 1.56. The Kier molecular flexibility index (Phi) is 6.06. The molecule has 2 heterocycles. The van der Waals surface area contributed by atoms with Crippen LogP contribution in [0.3, 0.4) is 0 Å². The lowest BCUT2D eigenvalue weighted by atomic mass is 10.1. The van der Waals surface area contributed by atoms with Crippen LogP contribution in [0.2, 0.25) is 0 Å². The molecule has 3 N–H and O–H groups in total. The quantitative estimate of drug-likeness (QED) is 0.833. The lowest BCUT2D eigenvalue weighted by Crippen LogP contribution is -2.38. The van der Waals surface area contributed by atoms with Gasteiger partial charge in [0.2, 0.25) is 5.91 Å². The van der Waals surface area contributed by atoms with Gasteiger partial charge in [-0.25, -0.2) is 4.98 Å². The van der Waals surface area contributed by atoms with Crippen molar-refractivity contribution < 1.29 is 9.59 Å². The minimum atomic E-state index is -0.259. The Hall–Kier alpha value is -1.90. The second kappa shape index (κ2) is 8.46. The van der Waals surface area contributed by atoms with Gasteiger partial charge in [-0.3, -0.25) is 9.59 Å². The minimum Gasteiger partial charge on any atom is -0.341 e. The largest absolute Gasteiger partial charge is 0.341 e. The van der Waals surface area contributed by atoms with Gasteiger partial charge in [-0.2, -0.15) is 11.8 Å². The summed E-state index contributed by atoms with van der Waals surface area (Å²) in [6, 6.07) is 7.36. The molecule has 8 heteroatoms. The molecule has 0 saturated carbocycles. The summed E-state index contributed by atoms with van der Waals surface area (Å²) >= 11 is 3.26. The summed E-state index contributed by atoms with van der Waals surface area (Å²) in [5.74, 6) is 1.93. The summed E-state index contributed by atoms with van der Waals surface area (Å²) in [4.78, 5) is 30.5. The number of thioether (sulfide) groups is 1. The van der Waals surface area contributed by atoms with Gasteiger partial charge in [0.15, 0.2) is 0 Å². The van der Waals surface area contributed by atoms with E-state index in [0.717, 1.165) is 35.2 Å². The molecule has 6 nitrogen and oxygen atoms in total. The highest BCUT2D eigenvalue weighted by Gasteiger charge is 2.17. The third-order valence-electron chi connectivity index (χ3n) is 3.89. The summed E-state index contributed by atoms with van der Waals surface area (Å²) in [6.07, 6.45) is 0.394. The van der Waals surface area contributed by atoms with Gasteiger partial charge in [0.05, 0.1) is 6.42 Å². The van der Waals surface area contributed by atoms with E-state index in [1.165, 1.54) is 11.3 Å². The van der Waals surface area contributed by atoms with Gasteiger partial charge in [-0.15, -0.1) is 11.3 Å². The number of carbonyl (C=O) groups excluding carboxylic acids is 2. The van der Waals surface area contributed by atoms with Crippen molar-refractivity contribution in [1.82, 2.24) is 9.88 Å². The number of nitrogens with one attached hydrogen (secondary N) is 1. The number of amides is 2. The first-order chi connectivity index (χ1) is 12.2. The molecule has 1 saturated heterocycles. The zero-order valence-electron chi connectivity index (χ0n) is 13.7. The van der Waals surface area contributed by atoms with Crippen LogP contribution in [0, 0.1) is 0 Å². The van der Waals surface area contributed by atoms with E-state index in [0.29, 0.717) is 24.3 Å². The summed E-state index contributed by atoms with van der Waals surface area (Å²) in [6.45, 7) is 1.99. The standard InChI is InChI=1S/C17H20N4O2S2/c18-10-15-20-14(11-25-15)17(23)19-13-3-1-12(2-4-13)9-16(22)21-5-7-24-8-6-21/h1-4,11H,5-10,18H2,(H,19,23). The summed E-state index contributed by atoms with van der Waals surface area (Å²) in [7, 11) is 0. The van der Waals surface area contributed by atoms with E-state index in [9.17, 15) is 9.59 Å². The third-order valence-corrected chi connectivity index (χ3v) is 5.70.